The molecule has 2 aromatic carbocycles. The third-order valence-electron chi connectivity index (χ3n) is 9.82. The van der Waals surface area contributed by atoms with Crippen molar-refractivity contribution in [1.29, 1.82) is 0 Å². The van der Waals surface area contributed by atoms with Gasteiger partial charge in [-0.3, -0.25) is 0 Å². The summed E-state index contributed by atoms with van der Waals surface area (Å²) in [4.78, 5) is 0. The Morgan fingerprint density at radius 3 is 1.83 bits per heavy atom. The van der Waals surface area contributed by atoms with Gasteiger partial charge in [-0.05, 0) is 44.9 Å². The highest BCUT2D eigenvalue weighted by atomic mass is 28.4. The summed E-state index contributed by atoms with van der Waals surface area (Å²) in [5.74, 6) is -0.640. The van der Waals surface area contributed by atoms with E-state index in [-0.39, 0.29) is 30.0 Å². The highest BCUT2D eigenvalue weighted by Gasteiger charge is 2.66. The van der Waals surface area contributed by atoms with Gasteiger partial charge in [-0.25, -0.2) is 0 Å². The average molecular weight is 613 g/mol. The van der Waals surface area contributed by atoms with Crippen molar-refractivity contribution in [3.05, 3.63) is 60.7 Å². The summed E-state index contributed by atoms with van der Waals surface area (Å²) in [7, 11) is -4.73. The van der Waals surface area contributed by atoms with E-state index in [9.17, 15) is 5.11 Å². The van der Waals surface area contributed by atoms with Crippen molar-refractivity contribution in [2.45, 2.75) is 134 Å². The second-order valence-corrected chi connectivity index (χ2v) is 24.1. The Morgan fingerprint density at radius 1 is 0.857 bits per heavy atom. The molecule has 2 heterocycles. The van der Waals surface area contributed by atoms with Gasteiger partial charge in [-0.15, -0.1) is 0 Å². The molecule has 0 amide bonds. The third kappa shape index (κ3) is 6.39. The van der Waals surface area contributed by atoms with Crippen LogP contribution in [0.4, 0.5) is 0 Å². The quantitative estimate of drug-likeness (QED) is 0.181. The first-order valence-electron chi connectivity index (χ1n) is 16.2. The molecule has 2 fully saturated rings. The average Bonchev–Trinajstić information content (AvgIpc) is 3.67. The Balaban J connectivity index is 1.60. The molecule has 4 atom stereocenters. The molecular weight excluding hydrogens is 557 g/mol. The maximum atomic E-state index is 9.64. The highest BCUT2D eigenvalue weighted by molar-refractivity contribution is 6.99. The van der Waals surface area contributed by atoms with Gasteiger partial charge >= 0.3 is 0 Å². The molecule has 42 heavy (non-hydrogen) atoms. The van der Waals surface area contributed by atoms with Crippen molar-refractivity contribution >= 4 is 27.0 Å². The molecule has 0 saturated carbocycles. The van der Waals surface area contributed by atoms with Gasteiger partial charge in [0.05, 0.1) is 12.2 Å². The first kappa shape index (κ1) is 33.6. The van der Waals surface area contributed by atoms with E-state index in [0.717, 1.165) is 12.8 Å². The summed E-state index contributed by atoms with van der Waals surface area (Å²) in [6, 6.07) is 21.7. The van der Waals surface area contributed by atoms with Crippen LogP contribution in [0.25, 0.3) is 0 Å². The molecule has 2 aliphatic heterocycles. The lowest BCUT2D eigenvalue weighted by Crippen LogP contribution is -2.66. The van der Waals surface area contributed by atoms with Gasteiger partial charge in [-0.2, -0.15) is 0 Å². The Bertz CT molecular complexity index is 1060. The lowest BCUT2D eigenvalue weighted by Gasteiger charge is -2.46. The van der Waals surface area contributed by atoms with E-state index in [2.05, 4.69) is 123 Å². The van der Waals surface area contributed by atoms with E-state index >= 15 is 0 Å². The molecule has 1 N–H and O–H groups in total. The Kier molecular flexibility index (Phi) is 10.7. The fraction of sp³-hybridized carbons (Fsp3) is 0.657. The zero-order chi connectivity index (χ0) is 30.8. The van der Waals surface area contributed by atoms with Crippen LogP contribution < -0.4 is 10.4 Å². The minimum atomic E-state index is -2.62. The fourth-order valence-corrected chi connectivity index (χ4v) is 18.1. The van der Waals surface area contributed by atoms with Crippen LogP contribution in [0.3, 0.4) is 0 Å². The van der Waals surface area contributed by atoms with Crippen molar-refractivity contribution in [1.82, 2.24) is 0 Å². The molecule has 0 unspecified atom stereocenters. The Hall–Kier alpha value is -1.33. The standard InChI is InChI=1S/C35H56O5Si2/c1-26(2)41(27(3)4,28(5)6)40-32-25-29(38-35(22-16-23-36)33(32)39-35)21-24-37-42(34(7,8)9,30-17-12-10-13-18-30)31-19-14-11-15-20-31/h10-15,17-20,26-29,32-33,36H,16,21-25H2,1-9H3/t29-,32-,33+,35+/m1/s1. The topological polar surface area (TPSA) is 60.5 Å². The Labute approximate surface area is 257 Å². The molecule has 0 aromatic heterocycles. The summed E-state index contributed by atoms with van der Waals surface area (Å²) in [6.07, 6.45) is 2.88. The van der Waals surface area contributed by atoms with Gasteiger partial charge < -0.3 is 23.4 Å². The first-order valence-corrected chi connectivity index (χ1v) is 20.3. The largest absolute Gasteiger partial charge is 0.410 e. The van der Waals surface area contributed by atoms with Crippen molar-refractivity contribution in [2.75, 3.05) is 13.2 Å². The molecule has 7 heteroatoms. The van der Waals surface area contributed by atoms with Gasteiger partial charge in [0.2, 0.25) is 8.32 Å². The van der Waals surface area contributed by atoms with Crippen LogP contribution in [-0.4, -0.2) is 59.1 Å². The van der Waals surface area contributed by atoms with E-state index in [1.54, 1.807) is 0 Å². The van der Waals surface area contributed by atoms with Crippen LogP contribution in [0.5, 0.6) is 0 Å². The van der Waals surface area contributed by atoms with E-state index in [4.69, 9.17) is 18.3 Å². The van der Waals surface area contributed by atoms with Gasteiger partial charge in [0.15, 0.2) is 5.79 Å². The number of epoxide rings is 1. The summed E-state index contributed by atoms with van der Waals surface area (Å²) in [5, 5.41) is 12.2. The summed E-state index contributed by atoms with van der Waals surface area (Å²) >= 11 is 0. The lowest BCUT2D eigenvalue weighted by molar-refractivity contribution is -0.125. The molecule has 0 radical (unpaired) electrons. The van der Waals surface area contributed by atoms with Gasteiger partial charge in [0, 0.05) is 26.1 Å². The van der Waals surface area contributed by atoms with Crippen molar-refractivity contribution < 1.29 is 23.4 Å². The zero-order valence-corrected chi connectivity index (χ0v) is 29.6. The van der Waals surface area contributed by atoms with Gasteiger partial charge in [0.25, 0.3) is 8.32 Å². The van der Waals surface area contributed by atoms with Crippen LogP contribution in [-0.2, 0) is 18.3 Å². The zero-order valence-electron chi connectivity index (χ0n) is 27.6. The molecule has 0 spiro atoms. The normalized spacial score (nSPS) is 24.8. The molecular formula is C35H56O5Si2. The summed E-state index contributed by atoms with van der Waals surface area (Å²) in [6.45, 7) is 21.7. The summed E-state index contributed by atoms with van der Waals surface area (Å²) < 4.78 is 27.7. The Morgan fingerprint density at radius 2 is 1.38 bits per heavy atom. The number of ether oxygens (including phenoxy) is 2. The number of benzene rings is 2. The van der Waals surface area contributed by atoms with Crippen molar-refractivity contribution in [3.8, 4) is 0 Å². The number of rotatable bonds is 14. The van der Waals surface area contributed by atoms with E-state index in [0.29, 0.717) is 36.1 Å². The number of aliphatic hydroxyl groups is 1. The molecule has 2 aliphatic rings. The second-order valence-electron chi connectivity index (χ2n) is 14.4. The first-order chi connectivity index (χ1) is 19.8. The lowest BCUT2D eigenvalue weighted by atomic mass is 9.97. The maximum absolute atomic E-state index is 9.64. The highest BCUT2D eigenvalue weighted by Crippen LogP contribution is 2.54. The van der Waals surface area contributed by atoms with Crippen LogP contribution >= 0.6 is 0 Å². The van der Waals surface area contributed by atoms with E-state index in [1.165, 1.54) is 10.4 Å². The van der Waals surface area contributed by atoms with Crippen LogP contribution in [0, 0.1) is 0 Å². The molecule has 4 rings (SSSR count). The number of aliphatic hydroxyl groups excluding tert-OH is 1. The maximum Gasteiger partial charge on any atom is 0.261 e. The smallest absolute Gasteiger partial charge is 0.261 e. The predicted molar refractivity (Wildman–Crippen MR) is 178 cm³/mol. The molecule has 234 valence electrons. The minimum absolute atomic E-state index is 0.00849. The molecule has 5 nitrogen and oxygen atoms in total. The SMILES string of the molecule is CC(C)[Si](O[C@@H]1C[C@@H](CCO[Si](c2ccccc2)(c2ccccc2)C(C)(C)C)O[C@@]2(CCCO)O[C@@H]12)(C(C)C)C(C)C. The fourth-order valence-electron chi connectivity index (χ4n) is 8.00. The predicted octanol–water partition coefficient (Wildman–Crippen LogP) is 7.17. The van der Waals surface area contributed by atoms with Crippen molar-refractivity contribution in [2.24, 2.45) is 0 Å². The molecule has 2 aromatic rings. The minimum Gasteiger partial charge on any atom is -0.410 e. The monoisotopic (exact) mass is 612 g/mol. The second kappa shape index (κ2) is 13.3. The third-order valence-corrected chi connectivity index (χ3v) is 21.0. The number of hydrogen-bond donors (Lipinski definition) is 1. The molecule has 0 aliphatic carbocycles. The van der Waals surface area contributed by atoms with Crippen LogP contribution in [0.15, 0.2) is 60.7 Å². The summed E-state index contributed by atoms with van der Waals surface area (Å²) in [5.41, 5.74) is 1.51. The number of hydrogen-bond acceptors (Lipinski definition) is 5. The van der Waals surface area contributed by atoms with Gasteiger partial charge in [0.1, 0.15) is 6.10 Å². The molecule has 0 bridgehead atoms. The number of fused-ring (bicyclic) bond motifs is 1. The van der Waals surface area contributed by atoms with Crippen molar-refractivity contribution in [3.63, 3.8) is 0 Å². The molecule has 2 saturated heterocycles. The van der Waals surface area contributed by atoms with E-state index < -0.39 is 22.4 Å². The van der Waals surface area contributed by atoms with Crippen LogP contribution in [0.2, 0.25) is 21.7 Å². The van der Waals surface area contributed by atoms with Crippen LogP contribution in [0.1, 0.15) is 88.0 Å². The van der Waals surface area contributed by atoms with Gasteiger partial charge in [-0.1, -0.05) is 123 Å². The van der Waals surface area contributed by atoms with E-state index in [1.807, 2.05) is 0 Å².